The number of carbonyl (C=O) groups excluding carboxylic acids is 1. The molecule has 3 heteroatoms. The van der Waals surface area contributed by atoms with Gasteiger partial charge in [-0.2, -0.15) is 0 Å². The molecule has 0 aliphatic heterocycles. The molecule has 2 nitrogen and oxygen atoms in total. The molecule has 0 atom stereocenters. The van der Waals surface area contributed by atoms with Crippen molar-refractivity contribution in [1.82, 2.24) is 0 Å². The van der Waals surface area contributed by atoms with Crippen molar-refractivity contribution in [2.75, 3.05) is 6.54 Å². The lowest BCUT2D eigenvalue weighted by Crippen LogP contribution is -2.11. The number of thiophene rings is 1. The SMILES string of the molecule is Cc1cc(C)cc(-c2ccc(C(=O)CN)s2)c1. The van der Waals surface area contributed by atoms with Crippen LogP contribution in [0.4, 0.5) is 0 Å². The zero-order valence-electron chi connectivity index (χ0n) is 9.99. The van der Waals surface area contributed by atoms with Gasteiger partial charge in [0.1, 0.15) is 0 Å². The first kappa shape index (κ1) is 12.0. The predicted octanol–water partition coefficient (Wildman–Crippen LogP) is 3.17. The van der Waals surface area contributed by atoms with E-state index in [0.29, 0.717) is 0 Å². The van der Waals surface area contributed by atoms with Crippen molar-refractivity contribution in [3.8, 4) is 10.4 Å². The van der Waals surface area contributed by atoms with Gasteiger partial charge in [-0.1, -0.05) is 29.3 Å². The fourth-order valence-corrected chi connectivity index (χ4v) is 2.80. The second-order valence-corrected chi connectivity index (χ2v) is 5.25. The van der Waals surface area contributed by atoms with Gasteiger partial charge < -0.3 is 5.73 Å². The molecule has 0 saturated heterocycles. The largest absolute Gasteiger partial charge is 0.324 e. The van der Waals surface area contributed by atoms with E-state index in [2.05, 4.69) is 32.0 Å². The Hall–Kier alpha value is -1.45. The molecule has 17 heavy (non-hydrogen) atoms. The molecule has 1 heterocycles. The van der Waals surface area contributed by atoms with Crippen LogP contribution in [0.25, 0.3) is 10.4 Å². The maximum Gasteiger partial charge on any atom is 0.186 e. The molecule has 0 unspecified atom stereocenters. The Labute approximate surface area is 105 Å². The summed E-state index contributed by atoms with van der Waals surface area (Å²) >= 11 is 1.51. The molecule has 0 radical (unpaired) electrons. The molecule has 0 fully saturated rings. The predicted molar refractivity (Wildman–Crippen MR) is 72.6 cm³/mol. The first-order valence-electron chi connectivity index (χ1n) is 5.52. The highest BCUT2D eigenvalue weighted by molar-refractivity contribution is 7.17. The lowest BCUT2D eigenvalue weighted by molar-refractivity contribution is 0.100. The number of Topliss-reactive ketones (excluding diaryl/α,β-unsaturated/α-hetero) is 1. The summed E-state index contributed by atoms with van der Waals surface area (Å²) in [5.41, 5.74) is 9.00. The molecule has 0 saturated carbocycles. The van der Waals surface area contributed by atoms with Crippen LogP contribution in [0.1, 0.15) is 20.8 Å². The maximum atomic E-state index is 11.5. The zero-order chi connectivity index (χ0) is 12.4. The minimum absolute atomic E-state index is 0.00521. The van der Waals surface area contributed by atoms with Gasteiger partial charge >= 0.3 is 0 Å². The van der Waals surface area contributed by atoms with E-state index in [1.54, 1.807) is 0 Å². The fraction of sp³-hybridized carbons (Fsp3) is 0.214. The smallest absolute Gasteiger partial charge is 0.186 e. The third-order valence-electron chi connectivity index (χ3n) is 2.57. The summed E-state index contributed by atoms with van der Waals surface area (Å²) in [6.07, 6.45) is 0. The molecule has 0 spiro atoms. The second kappa shape index (κ2) is 4.82. The van der Waals surface area contributed by atoms with E-state index in [0.717, 1.165) is 9.75 Å². The van der Waals surface area contributed by atoms with Crippen molar-refractivity contribution < 1.29 is 4.79 Å². The van der Waals surface area contributed by atoms with Crippen molar-refractivity contribution in [1.29, 1.82) is 0 Å². The average Bonchev–Trinajstić information content (AvgIpc) is 2.76. The summed E-state index contributed by atoms with van der Waals surface area (Å²) < 4.78 is 0. The Balaban J connectivity index is 2.40. The molecule has 2 aromatic rings. The van der Waals surface area contributed by atoms with Crippen LogP contribution in [0.3, 0.4) is 0 Å². The van der Waals surface area contributed by atoms with E-state index in [1.807, 2.05) is 12.1 Å². The Morgan fingerprint density at radius 2 is 1.82 bits per heavy atom. The number of benzene rings is 1. The third kappa shape index (κ3) is 2.62. The van der Waals surface area contributed by atoms with Gasteiger partial charge in [0.15, 0.2) is 5.78 Å². The summed E-state index contributed by atoms with van der Waals surface area (Å²) in [6.45, 7) is 4.24. The van der Waals surface area contributed by atoms with Crippen molar-refractivity contribution in [2.24, 2.45) is 5.73 Å². The Bertz CT molecular complexity index is 537. The molecule has 0 aliphatic rings. The van der Waals surface area contributed by atoms with Crippen LogP contribution in [0.15, 0.2) is 30.3 Å². The van der Waals surface area contributed by atoms with Crippen LogP contribution in [-0.2, 0) is 0 Å². The van der Waals surface area contributed by atoms with E-state index in [1.165, 1.54) is 28.0 Å². The number of ketones is 1. The number of nitrogens with two attached hydrogens (primary N) is 1. The second-order valence-electron chi connectivity index (χ2n) is 4.17. The van der Waals surface area contributed by atoms with E-state index in [4.69, 9.17) is 5.73 Å². The minimum Gasteiger partial charge on any atom is -0.324 e. The maximum absolute atomic E-state index is 11.5. The molecule has 88 valence electrons. The fourth-order valence-electron chi connectivity index (χ4n) is 1.86. The number of hydrogen-bond acceptors (Lipinski definition) is 3. The van der Waals surface area contributed by atoms with E-state index >= 15 is 0 Å². The highest BCUT2D eigenvalue weighted by Crippen LogP contribution is 2.29. The molecular formula is C14H15NOS. The number of carbonyl (C=O) groups is 1. The standard InChI is InChI=1S/C14H15NOS/c1-9-5-10(2)7-11(6-9)13-3-4-14(17-13)12(16)8-15/h3-7H,8,15H2,1-2H3. The van der Waals surface area contributed by atoms with Gasteiger partial charge in [0.2, 0.25) is 0 Å². The first-order valence-corrected chi connectivity index (χ1v) is 6.33. The highest BCUT2D eigenvalue weighted by Gasteiger charge is 2.08. The topological polar surface area (TPSA) is 43.1 Å². The summed E-state index contributed by atoms with van der Waals surface area (Å²) in [5, 5.41) is 0. The van der Waals surface area contributed by atoms with E-state index < -0.39 is 0 Å². The van der Waals surface area contributed by atoms with Gasteiger partial charge in [-0.25, -0.2) is 0 Å². The molecule has 2 rings (SSSR count). The van der Waals surface area contributed by atoms with Crippen molar-refractivity contribution in [3.05, 3.63) is 46.3 Å². The first-order chi connectivity index (χ1) is 8.10. The quantitative estimate of drug-likeness (QED) is 0.844. The summed E-state index contributed by atoms with van der Waals surface area (Å²) in [6, 6.07) is 10.3. The average molecular weight is 245 g/mol. The van der Waals surface area contributed by atoms with Gasteiger partial charge in [-0.3, -0.25) is 4.79 Å². The molecule has 0 amide bonds. The Morgan fingerprint density at radius 1 is 1.18 bits per heavy atom. The van der Waals surface area contributed by atoms with Gasteiger partial charge in [0.25, 0.3) is 0 Å². The number of hydrogen-bond donors (Lipinski definition) is 1. The molecule has 0 bridgehead atoms. The van der Waals surface area contributed by atoms with Crippen LogP contribution >= 0.6 is 11.3 Å². The monoisotopic (exact) mass is 245 g/mol. The zero-order valence-corrected chi connectivity index (χ0v) is 10.8. The summed E-state index contributed by atoms with van der Waals surface area (Å²) in [5.74, 6) is 0.00521. The number of rotatable bonds is 3. The van der Waals surface area contributed by atoms with E-state index in [-0.39, 0.29) is 12.3 Å². The van der Waals surface area contributed by atoms with E-state index in [9.17, 15) is 4.79 Å². The van der Waals surface area contributed by atoms with Gasteiger partial charge in [0, 0.05) is 4.88 Å². The molecule has 1 aromatic carbocycles. The van der Waals surface area contributed by atoms with Crippen LogP contribution in [0.2, 0.25) is 0 Å². The number of aryl methyl sites for hydroxylation is 2. The van der Waals surface area contributed by atoms with Gasteiger partial charge in [-0.05, 0) is 31.5 Å². The normalized spacial score (nSPS) is 10.5. The molecule has 0 aliphatic carbocycles. The Kier molecular flexibility index (Phi) is 3.41. The summed E-state index contributed by atoms with van der Waals surface area (Å²) in [4.78, 5) is 13.3. The van der Waals surface area contributed by atoms with Crippen molar-refractivity contribution in [2.45, 2.75) is 13.8 Å². The lowest BCUT2D eigenvalue weighted by atomic mass is 10.1. The van der Waals surface area contributed by atoms with Crippen molar-refractivity contribution in [3.63, 3.8) is 0 Å². The third-order valence-corrected chi connectivity index (χ3v) is 3.75. The van der Waals surface area contributed by atoms with Crippen LogP contribution in [-0.4, -0.2) is 12.3 Å². The molecular weight excluding hydrogens is 230 g/mol. The van der Waals surface area contributed by atoms with Gasteiger partial charge in [-0.15, -0.1) is 11.3 Å². The molecule has 1 aromatic heterocycles. The lowest BCUT2D eigenvalue weighted by Gasteiger charge is -2.02. The molecule has 2 N–H and O–H groups in total. The summed E-state index contributed by atoms with van der Waals surface area (Å²) in [7, 11) is 0. The highest BCUT2D eigenvalue weighted by atomic mass is 32.1. The van der Waals surface area contributed by atoms with Crippen LogP contribution in [0.5, 0.6) is 0 Å². The minimum atomic E-state index is 0.00521. The Morgan fingerprint density at radius 3 is 2.41 bits per heavy atom. The van der Waals surface area contributed by atoms with Crippen LogP contribution < -0.4 is 5.73 Å². The van der Waals surface area contributed by atoms with Gasteiger partial charge in [0.05, 0.1) is 11.4 Å². The van der Waals surface area contributed by atoms with Crippen molar-refractivity contribution >= 4 is 17.1 Å². The van der Waals surface area contributed by atoms with Crippen LogP contribution in [0, 0.1) is 13.8 Å².